The minimum absolute atomic E-state index is 0.537. The molecule has 1 saturated carbocycles. The van der Waals surface area contributed by atoms with Crippen LogP contribution in [0.3, 0.4) is 0 Å². The van der Waals surface area contributed by atoms with Gasteiger partial charge in [0, 0.05) is 6.04 Å². The number of nitrogens with one attached hydrogen (secondary N) is 1. The summed E-state index contributed by atoms with van der Waals surface area (Å²) in [4.78, 5) is 0. The number of ether oxygens (including phenoxy) is 1. The van der Waals surface area contributed by atoms with Gasteiger partial charge in [0.2, 0.25) is 0 Å². The van der Waals surface area contributed by atoms with Gasteiger partial charge in [0.15, 0.2) is 0 Å². The van der Waals surface area contributed by atoms with E-state index >= 15 is 0 Å². The SMILES string of the molecule is CCCNC(COc1cccc(CC)c1)C1CC1. The van der Waals surface area contributed by atoms with E-state index in [4.69, 9.17) is 4.74 Å². The van der Waals surface area contributed by atoms with Crippen LogP contribution in [0.25, 0.3) is 0 Å². The Labute approximate surface area is 111 Å². The molecule has 0 aliphatic heterocycles. The highest BCUT2D eigenvalue weighted by Gasteiger charge is 2.31. The van der Waals surface area contributed by atoms with Crippen molar-refractivity contribution in [2.24, 2.45) is 5.92 Å². The van der Waals surface area contributed by atoms with E-state index in [-0.39, 0.29) is 0 Å². The Morgan fingerprint density at radius 3 is 2.83 bits per heavy atom. The Morgan fingerprint density at radius 1 is 1.33 bits per heavy atom. The van der Waals surface area contributed by atoms with Crippen LogP contribution in [0.2, 0.25) is 0 Å². The van der Waals surface area contributed by atoms with E-state index in [1.807, 2.05) is 0 Å². The van der Waals surface area contributed by atoms with E-state index in [0.29, 0.717) is 6.04 Å². The lowest BCUT2D eigenvalue weighted by Gasteiger charge is -2.18. The fraction of sp³-hybridized carbons (Fsp3) is 0.625. The van der Waals surface area contributed by atoms with Gasteiger partial charge in [0.1, 0.15) is 12.4 Å². The molecule has 1 N–H and O–H groups in total. The Hall–Kier alpha value is -1.02. The first-order valence-corrected chi connectivity index (χ1v) is 7.28. The molecule has 2 heteroatoms. The molecule has 1 fully saturated rings. The number of hydrogen-bond donors (Lipinski definition) is 1. The molecule has 2 nitrogen and oxygen atoms in total. The molecule has 1 aliphatic rings. The highest BCUT2D eigenvalue weighted by molar-refractivity contribution is 5.28. The number of hydrogen-bond acceptors (Lipinski definition) is 2. The number of aryl methyl sites for hydroxylation is 1. The summed E-state index contributed by atoms with van der Waals surface area (Å²) in [5.74, 6) is 1.85. The van der Waals surface area contributed by atoms with E-state index in [9.17, 15) is 0 Å². The van der Waals surface area contributed by atoms with Gasteiger partial charge in [-0.25, -0.2) is 0 Å². The third-order valence-corrected chi connectivity index (χ3v) is 3.58. The molecule has 100 valence electrons. The van der Waals surface area contributed by atoms with Crippen molar-refractivity contribution in [3.63, 3.8) is 0 Å². The summed E-state index contributed by atoms with van der Waals surface area (Å²) >= 11 is 0. The van der Waals surface area contributed by atoms with Gasteiger partial charge in [0.05, 0.1) is 0 Å². The monoisotopic (exact) mass is 247 g/mol. The third-order valence-electron chi connectivity index (χ3n) is 3.58. The molecular weight excluding hydrogens is 222 g/mol. The molecule has 1 aliphatic carbocycles. The fourth-order valence-electron chi connectivity index (χ4n) is 2.23. The van der Waals surface area contributed by atoms with Gasteiger partial charge in [-0.3, -0.25) is 0 Å². The summed E-state index contributed by atoms with van der Waals surface area (Å²) in [6, 6.07) is 8.99. The molecule has 1 atom stereocenters. The second kappa shape index (κ2) is 6.79. The fourth-order valence-corrected chi connectivity index (χ4v) is 2.23. The predicted molar refractivity (Wildman–Crippen MR) is 76.1 cm³/mol. The van der Waals surface area contributed by atoms with Gasteiger partial charge >= 0.3 is 0 Å². The van der Waals surface area contributed by atoms with Crippen LogP contribution >= 0.6 is 0 Å². The lowest BCUT2D eigenvalue weighted by Crippen LogP contribution is -2.37. The minimum Gasteiger partial charge on any atom is -0.492 e. The maximum Gasteiger partial charge on any atom is 0.119 e. The molecular formula is C16H25NO. The van der Waals surface area contributed by atoms with Crippen molar-refractivity contribution in [1.29, 1.82) is 0 Å². The summed E-state index contributed by atoms with van der Waals surface area (Å²) < 4.78 is 5.95. The van der Waals surface area contributed by atoms with Crippen molar-refractivity contribution in [1.82, 2.24) is 5.32 Å². The first kappa shape index (κ1) is 13.4. The molecule has 0 saturated heterocycles. The molecule has 1 aromatic rings. The normalized spacial score (nSPS) is 16.6. The third kappa shape index (κ3) is 4.02. The molecule has 1 aromatic carbocycles. The van der Waals surface area contributed by atoms with Crippen LogP contribution in [-0.4, -0.2) is 19.2 Å². The van der Waals surface area contributed by atoms with Crippen molar-refractivity contribution >= 4 is 0 Å². The highest BCUT2D eigenvalue weighted by atomic mass is 16.5. The summed E-state index contributed by atoms with van der Waals surface area (Å²) in [5.41, 5.74) is 1.34. The molecule has 2 rings (SSSR count). The summed E-state index contributed by atoms with van der Waals surface area (Å²) in [6.45, 7) is 6.29. The van der Waals surface area contributed by atoms with Gasteiger partial charge in [-0.05, 0) is 55.8 Å². The van der Waals surface area contributed by atoms with Crippen LogP contribution in [0.4, 0.5) is 0 Å². The van der Waals surface area contributed by atoms with Crippen LogP contribution in [-0.2, 0) is 6.42 Å². The minimum atomic E-state index is 0.537. The average Bonchev–Trinajstić information content (AvgIpc) is 3.23. The lowest BCUT2D eigenvalue weighted by atomic mass is 10.1. The summed E-state index contributed by atoms with van der Waals surface area (Å²) in [6.07, 6.45) is 4.98. The van der Waals surface area contributed by atoms with Crippen molar-refractivity contribution in [2.75, 3.05) is 13.2 Å². The van der Waals surface area contributed by atoms with Crippen molar-refractivity contribution < 1.29 is 4.74 Å². The molecule has 0 bridgehead atoms. The van der Waals surface area contributed by atoms with Crippen LogP contribution < -0.4 is 10.1 Å². The Bertz CT molecular complexity index is 360. The Balaban J connectivity index is 1.83. The molecule has 18 heavy (non-hydrogen) atoms. The van der Waals surface area contributed by atoms with Crippen LogP contribution in [0.5, 0.6) is 5.75 Å². The zero-order valence-electron chi connectivity index (χ0n) is 11.6. The lowest BCUT2D eigenvalue weighted by molar-refractivity contribution is 0.249. The topological polar surface area (TPSA) is 21.3 Å². The van der Waals surface area contributed by atoms with E-state index in [2.05, 4.69) is 43.4 Å². The van der Waals surface area contributed by atoms with Gasteiger partial charge in [0.25, 0.3) is 0 Å². The predicted octanol–water partition coefficient (Wildman–Crippen LogP) is 3.41. The first-order chi connectivity index (χ1) is 8.83. The van der Waals surface area contributed by atoms with Crippen molar-refractivity contribution in [3.8, 4) is 5.75 Å². The Morgan fingerprint density at radius 2 is 2.17 bits per heavy atom. The molecule has 0 spiro atoms. The van der Waals surface area contributed by atoms with E-state index in [0.717, 1.165) is 31.2 Å². The molecule has 0 amide bonds. The maximum absolute atomic E-state index is 5.95. The maximum atomic E-state index is 5.95. The van der Waals surface area contributed by atoms with E-state index in [1.165, 1.54) is 24.8 Å². The van der Waals surface area contributed by atoms with Gasteiger partial charge in [-0.2, -0.15) is 0 Å². The largest absolute Gasteiger partial charge is 0.492 e. The first-order valence-electron chi connectivity index (χ1n) is 7.28. The number of rotatable bonds is 8. The molecule has 1 unspecified atom stereocenters. The second-order valence-corrected chi connectivity index (χ2v) is 5.21. The smallest absolute Gasteiger partial charge is 0.119 e. The zero-order valence-corrected chi connectivity index (χ0v) is 11.6. The quantitative estimate of drug-likeness (QED) is 0.760. The Kier molecular flexibility index (Phi) is 5.06. The standard InChI is InChI=1S/C16H25NO/c1-3-10-17-16(14-8-9-14)12-18-15-7-5-6-13(4-2)11-15/h5-7,11,14,16-17H,3-4,8-10,12H2,1-2H3. The highest BCUT2D eigenvalue weighted by Crippen LogP contribution is 2.33. The molecule has 0 radical (unpaired) electrons. The number of benzene rings is 1. The van der Waals surface area contributed by atoms with Gasteiger partial charge < -0.3 is 10.1 Å². The second-order valence-electron chi connectivity index (χ2n) is 5.21. The van der Waals surface area contributed by atoms with Crippen molar-refractivity contribution in [2.45, 2.75) is 45.6 Å². The summed E-state index contributed by atoms with van der Waals surface area (Å²) in [7, 11) is 0. The zero-order chi connectivity index (χ0) is 12.8. The van der Waals surface area contributed by atoms with Crippen LogP contribution in [0, 0.1) is 5.92 Å². The van der Waals surface area contributed by atoms with Gasteiger partial charge in [-0.15, -0.1) is 0 Å². The van der Waals surface area contributed by atoms with Crippen LogP contribution in [0.15, 0.2) is 24.3 Å². The summed E-state index contributed by atoms with van der Waals surface area (Å²) in [5, 5.41) is 3.61. The average molecular weight is 247 g/mol. The van der Waals surface area contributed by atoms with Crippen molar-refractivity contribution in [3.05, 3.63) is 29.8 Å². The molecule has 0 heterocycles. The molecule has 0 aromatic heterocycles. The van der Waals surface area contributed by atoms with E-state index in [1.54, 1.807) is 0 Å². The van der Waals surface area contributed by atoms with Crippen LogP contribution in [0.1, 0.15) is 38.7 Å². The van der Waals surface area contributed by atoms with E-state index < -0.39 is 0 Å². The van der Waals surface area contributed by atoms with Gasteiger partial charge in [-0.1, -0.05) is 26.0 Å².